The second-order valence-electron chi connectivity index (χ2n) is 8.89. The number of aryl methyl sites for hydroxylation is 1. The Balaban J connectivity index is 0.000000182. The summed E-state index contributed by atoms with van der Waals surface area (Å²) in [4.78, 5) is 11.0. The van der Waals surface area contributed by atoms with Crippen molar-refractivity contribution in [2.45, 2.75) is 58.7 Å². The number of amides is 2. The molecule has 1 atom stereocenters. The minimum atomic E-state index is -0.592. The normalized spacial score (nSPS) is 16.5. The molecule has 7 heteroatoms. The van der Waals surface area contributed by atoms with Crippen LogP contribution in [0.15, 0.2) is 48.5 Å². The Morgan fingerprint density at radius 1 is 1.22 bits per heavy atom. The number of aliphatic hydroxyl groups excluding tert-OH is 2. The van der Waals surface area contributed by atoms with Gasteiger partial charge in [0.15, 0.2) is 0 Å². The molecule has 4 rings (SSSR count). The Labute approximate surface area is 188 Å². The lowest BCUT2D eigenvalue weighted by Gasteiger charge is -2.35. The van der Waals surface area contributed by atoms with Gasteiger partial charge < -0.3 is 15.9 Å². The van der Waals surface area contributed by atoms with Gasteiger partial charge >= 0.3 is 6.03 Å². The summed E-state index contributed by atoms with van der Waals surface area (Å²) in [5.74, 6) is 0.612. The van der Waals surface area contributed by atoms with Crippen LogP contribution in [0.25, 0.3) is 5.69 Å². The Bertz CT molecular complexity index is 1090. The van der Waals surface area contributed by atoms with Gasteiger partial charge in [-0.25, -0.2) is 9.48 Å². The second-order valence-corrected chi connectivity index (χ2v) is 8.89. The van der Waals surface area contributed by atoms with Crippen molar-refractivity contribution in [3.8, 4) is 5.69 Å². The van der Waals surface area contributed by atoms with Gasteiger partial charge in [0.1, 0.15) is 5.82 Å². The molecule has 2 aromatic carbocycles. The molecule has 3 aromatic rings. The van der Waals surface area contributed by atoms with Crippen LogP contribution < -0.4 is 11.1 Å². The van der Waals surface area contributed by atoms with Gasteiger partial charge in [-0.2, -0.15) is 5.10 Å². The molecule has 2 amide bonds. The highest BCUT2D eigenvalue weighted by molar-refractivity contribution is 5.88. The van der Waals surface area contributed by atoms with Crippen molar-refractivity contribution in [1.82, 2.24) is 9.78 Å². The summed E-state index contributed by atoms with van der Waals surface area (Å²) in [6, 6.07) is 15.1. The van der Waals surface area contributed by atoms with E-state index in [0.29, 0.717) is 12.2 Å². The van der Waals surface area contributed by atoms with Gasteiger partial charge in [0.25, 0.3) is 0 Å². The number of benzene rings is 2. The number of nitrogens with zero attached hydrogens (tertiary/aromatic N) is 2. The Hall–Kier alpha value is -3.16. The van der Waals surface area contributed by atoms with Crippen LogP contribution in [-0.4, -0.2) is 32.1 Å². The fraction of sp³-hybridized carbons (Fsp3) is 0.360. The number of fused-ring (bicyclic) bond motifs is 1. The zero-order valence-corrected chi connectivity index (χ0v) is 19.1. The molecule has 0 aliphatic heterocycles. The quantitative estimate of drug-likeness (QED) is 0.501. The Morgan fingerprint density at radius 3 is 2.53 bits per heavy atom. The van der Waals surface area contributed by atoms with Gasteiger partial charge in [0, 0.05) is 5.56 Å². The molecule has 170 valence electrons. The number of anilines is 1. The van der Waals surface area contributed by atoms with Crippen molar-refractivity contribution >= 4 is 11.8 Å². The van der Waals surface area contributed by atoms with E-state index in [1.54, 1.807) is 4.68 Å². The third kappa shape index (κ3) is 5.18. The first kappa shape index (κ1) is 23.5. The first-order chi connectivity index (χ1) is 15.1. The van der Waals surface area contributed by atoms with Crippen molar-refractivity contribution < 1.29 is 15.0 Å². The summed E-state index contributed by atoms with van der Waals surface area (Å²) in [5, 5.41) is 25.8. The average Bonchev–Trinajstić information content (AvgIpc) is 3.01. The number of para-hydroxylation sites is 1. The number of carbonyl (C=O) groups is 1. The molecular weight excluding hydrogens is 404 g/mol. The largest absolute Gasteiger partial charge is 0.393 e. The van der Waals surface area contributed by atoms with Crippen molar-refractivity contribution in [2.75, 3.05) is 5.32 Å². The third-order valence-corrected chi connectivity index (χ3v) is 5.88. The van der Waals surface area contributed by atoms with Gasteiger partial charge in [0.05, 0.1) is 24.1 Å². The number of carbonyl (C=O) groups excluding carboxylic acids is 1. The fourth-order valence-corrected chi connectivity index (χ4v) is 4.22. The molecule has 1 aliphatic rings. The fourth-order valence-electron chi connectivity index (χ4n) is 4.22. The molecular formula is C25H32N4O3. The molecule has 0 fully saturated rings. The molecule has 0 spiro atoms. The van der Waals surface area contributed by atoms with E-state index in [1.165, 1.54) is 11.1 Å². The molecule has 1 unspecified atom stereocenters. The van der Waals surface area contributed by atoms with Crippen molar-refractivity contribution in [3.63, 3.8) is 0 Å². The molecule has 0 bridgehead atoms. The number of nitrogens with two attached hydrogens (primary N) is 1. The minimum Gasteiger partial charge on any atom is -0.393 e. The SMILES string of the molecule is CC1(C)CC(O)Cc2cc(CO)ccc21.Cc1nn(-c2ccccc2)c(NC(N)=O)c1C. The van der Waals surface area contributed by atoms with E-state index in [9.17, 15) is 9.90 Å². The minimum absolute atomic E-state index is 0.0426. The van der Waals surface area contributed by atoms with Crippen LogP contribution in [0.2, 0.25) is 0 Å². The monoisotopic (exact) mass is 436 g/mol. The van der Waals surface area contributed by atoms with E-state index in [4.69, 9.17) is 10.8 Å². The van der Waals surface area contributed by atoms with E-state index < -0.39 is 6.03 Å². The number of primary amides is 1. The average molecular weight is 437 g/mol. The van der Waals surface area contributed by atoms with Gasteiger partial charge in [-0.15, -0.1) is 0 Å². The number of hydrogen-bond acceptors (Lipinski definition) is 4. The molecule has 7 nitrogen and oxygen atoms in total. The smallest absolute Gasteiger partial charge is 0.317 e. The van der Waals surface area contributed by atoms with Crippen LogP contribution in [0, 0.1) is 13.8 Å². The summed E-state index contributed by atoms with van der Waals surface area (Å²) in [6.45, 7) is 8.18. The number of aromatic nitrogens is 2. The second kappa shape index (κ2) is 9.54. The lowest BCUT2D eigenvalue weighted by atomic mass is 9.71. The van der Waals surface area contributed by atoms with Gasteiger partial charge in [0.2, 0.25) is 0 Å². The van der Waals surface area contributed by atoms with Crippen LogP contribution in [0.4, 0.5) is 10.6 Å². The van der Waals surface area contributed by atoms with Crippen LogP contribution >= 0.6 is 0 Å². The number of urea groups is 1. The van der Waals surface area contributed by atoms with Crippen molar-refractivity contribution in [1.29, 1.82) is 0 Å². The van der Waals surface area contributed by atoms with Gasteiger partial charge in [-0.1, -0.05) is 50.2 Å². The predicted molar refractivity (Wildman–Crippen MR) is 126 cm³/mol. The highest BCUT2D eigenvalue weighted by Crippen LogP contribution is 2.37. The summed E-state index contributed by atoms with van der Waals surface area (Å²) in [6.07, 6.45) is 1.28. The maximum atomic E-state index is 11.0. The maximum Gasteiger partial charge on any atom is 0.317 e. The molecule has 1 heterocycles. The molecule has 1 aliphatic carbocycles. The third-order valence-electron chi connectivity index (χ3n) is 5.88. The number of aliphatic hydroxyl groups is 2. The Kier molecular flexibility index (Phi) is 7.01. The van der Waals surface area contributed by atoms with Gasteiger partial charge in [-0.05, 0) is 60.9 Å². The first-order valence-corrected chi connectivity index (χ1v) is 10.7. The highest BCUT2D eigenvalue weighted by atomic mass is 16.3. The van der Waals surface area contributed by atoms with E-state index in [0.717, 1.165) is 28.9 Å². The van der Waals surface area contributed by atoms with E-state index in [2.05, 4.69) is 30.3 Å². The lowest BCUT2D eigenvalue weighted by molar-refractivity contribution is 0.127. The van der Waals surface area contributed by atoms with Gasteiger partial charge in [-0.3, -0.25) is 5.32 Å². The topological polar surface area (TPSA) is 113 Å². The lowest BCUT2D eigenvalue weighted by Crippen LogP contribution is -2.32. The summed E-state index contributed by atoms with van der Waals surface area (Å²) < 4.78 is 1.68. The van der Waals surface area contributed by atoms with Crippen LogP contribution in [0.3, 0.4) is 0 Å². The molecule has 0 saturated heterocycles. The van der Waals surface area contributed by atoms with Crippen LogP contribution in [0.5, 0.6) is 0 Å². The molecule has 1 aromatic heterocycles. The zero-order chi connectivity index (χ0) is 23.5. The summed E-state index contributed by atoms with van der Waals surface area (Å²) in [5.41, 5.74) is 11.3. The molecule has 0 radical (unpaired) electrons. The van der Waals surface area contributed by atoms with Crippen molar-refractivity contribution in [2.24, 2.45) is 5.73 Å². The molecule has 5 N–H and O–H groups in total. The summed E-state index contributed by atoms with van der Waals surface area (Å²) >= 11 is 0. The maximum absolute atomic E-state index is 11.0. The van der Waals surface area contributed by atoms with Crippen molar-refractivity contribution in [3.05, 3.63) is 76.5 Å². The van der Waals surface area contributed by atoms with Crippen LogP contribution in [0.1, 0.15) is 48.2 Å². The Morgan fingerprint density at radius 2 is 1.91 bits per heavy atom. The standard InChI is InChI=1S/C13H18O2.C12H14N4O/c1-13(2)7-11(15)6-10-5-9(8-14)3-4-12(10)13;1-8-9(2)15-16(11(8)14-12(13)17)10-6-4-3-5-7-10/h3-5,11,14-15H,6-8H2,1-2H3;3-7H,1-2H3,(H3,13,14,17). The number of nitrogens with one attached hydrogen (secondary N) is 1. The predicted octanol–water partition coefficient (Wildman–Crippen LogP) is 3.74. The summed E-state index contributed by atoms with van der Waals surface area (Å²) in [7, 11) is 0. The first-order valence-electron chi connectivity index (χ1n) is 10.7. The zero-order valence-electron chi connectivity index (χ0n) is 19.1. The van der Waals surface area contributed by atoms with E-state index in [-0.39, 0.29) is 18.1 Å². The van der Waals surface area contributed by atoms with E-state index in [1.807, 2.05) is 56.3 Å². The highest BCUT2D eigenvalue weighted by Gasteiger charge is 2.31. The number of rotatable bonds is 3. The number of hydrogen-bond donors (Lipinski definition) is 4. The molecule has 0 saturated carbocycles. The molecule has 32 heavy (non-hydrogen) atoms. The van der Waals surface area contributed by atoms with Crippen LogP contribution in [-0.2, 0) is 18.4 Å². The van der Waals surface area contributed by atoms with E-state index >= 15 is 0 Å².